The zero-order valence-corrected chi connectivity index (χ0v) is 20.5. The molecule has 0 bridgehead atoms. The fourth-order valence-electron chi connectivity index (χ4n) is 3.70. The first-order chi connectivity index (χ1) is 18.0. The van der Waals surface area contributed by atoms with E-state index in [-0.39, 0.29) is 16.4 Å². The molecule has 8 nitrogen and oxygen atoms in total. The summed E-state index contributed by atoms with van der Waals surface area (Å²) in [6, 6.07) is 26.0. The van der Waals surface area contributed by atoms with Crippen molar-refractivity contribution >= 4 is 46.5 Å². The van der Waals surface area contributed by atoms with Crippen molar-refractivity contribution < 1.29 is 23.5 Å². The normalized spacial score (nSPS) is 13.2. The molecule has 4 aromatic rings. The molecule has 0 atom stereocenters. The summed E-state index contributed by atoms with van der Waals surface area (Å²) in [6.07, 6.45) is 1.42. The topological polar surface area (TPSA) is 101 Å². The Morgan fingerprint density at radius 3 is 2.35 bits per heavy atom. The van der Waals surface area contributed by atoms with Crippen molar-refractivity contribution in [2.24, 2.45) is 0 Å². The van der Waals surface area contributed by atoms with Crippen LogP contribution >= 0.6 is 11.8 Å². The lowest BCUT2D eigenvalue weighted by molar-refractivity contribution is -0.120. The van der Waals surface area contributed by atoms with Gasteiger partial charge in [-0.1, -0.05) is 36.0 Å². The van der Waals surface area contributed by atoms with Crippen LogP contribution in [0.5, 0.6) is 5.75 Å². The number of benzene rings is 3. The molecule has 2 heterocycles. The number of anilines is 3. The molecule has 5 rings (SSSR count). The maximum absolute atomic E-state index is 13.5. The van der Waals surface area contributed by atoms with E-state index in [0.717, 1.165) is 16.7 Å². The molecule has 37 heavy (non-hydrogen) atoms. The van der Waals surface area contributed by atoms with E-state index in [0.29, 0.717) is 27.7 Å². The van der Waals surface area contributed by atoms with Gasteiger partial charge >= 0.3 is 0 Å². The largest absolute Gasteiger partial charge is 0.497 e. The second-order valence-corrected chi connectivity index (χ2v) is 8.98. The third-order valence-corrected chi connectivity index (χ3v) is 6.54. The molecule has 184 valence electrons. The van der Waals surface area contributed by atoms with Crippen LogP contribution in [0.25, 0.3) is 0 Å². The maximum atomic E-state index is 13.5. The van der Waals surface area contributed by atoms with Crippen LogP contribution in [0.3, 0.4) is 0 Å². The van der Waals surface area contributed by atoms with Crippen LogP contribution in [0.2, 0.25) is 0 Å². The van der Waals surface area contributed by atoms with Gasteiger partial charge in [-0.2, -0.15) is 0 Å². The molecule has 0 spiro atoms. The van der Waals surface area contributed by atoms with Crippen LogP contribution in [0.4, 0.5) is 17.1 Å². The summed E-state index contributed by atoms with van der Waals surface area (Å²) in [4.78, 5) is 41.4. The highest BCUT2D eigenvalue weighted by molar-refractivity contribution is 8.04. The minimum absolute atomic E-state index is 0.161. The number of nitrogens with zero attached hydrogens (tertiary/aromatic N) is 1. The van der Waals surface area contributed by atoms with Gasteiger partial charge in [0.25, 0.3) is 17.7 Å². The van der Waals surface area contributed by atoms with Gasteiger partial charge in [-0.3, -0.25) is 14.4 Å². The minimum Gasteiger partial charge on any atom is -0.497 e. The van der Waals surface area contributed by atoms with E-state index in [9.17, 15) is 14.4 Å². The molecule has 1 aliphatic rings. The number of carbonyl (C=O) groups excluding carboxylic acids is 3. The van der Waals surface area contributed by atoms with Crippen molar-refractivity contribution in [3.63, 3.8) is 0 Å². The molecule has 3 amide bonds. The number of hydrogen-bond acceptors (Lipinski definition) is 7. The highest BCUT2D eigenvalue weighted by atomic mass is 32.2. The Kier molecular flexibility index (Phi) is 6.78. The lowest BCUT2D eigenvalue weighted by atomic mass is 10.2. The predicted molar refractivity (Wildman–Crippen MR) is 142 cm³/mol. The van der Waals surface area contributed by atoms with Crippen LogP contribution in [-0.4, -0.2) is 24.8 Å². The van der Waals surface area contributed by atoms with E-state index in [4.69, 9.17) is 9.15 Å². The molecule has 0 saturated heterocycles. The zero-order chi connectivity index (χ0) is 25.8. The van der Waals surface area contributed by atoms with Gasteiger partial charge in [-0.25, -0.2) is 4.90 Å². The highest BCUT2D eigenvalue weighted by Gasteiger charge is 2.40. The molecule has 9 heteroatoms. The molecule has 3 aromatic carbocycles. The molecule has 0 unspecified atom stereocenters. The number of nitrogens with one attached hydrogen (secondary N) is 2. The number of imide groups is 1. The summed E-state index contributed by atoms with van der Waals surface area (Å²) >= 11 is 1.14. The van der Waals surface area contributed by atoms with E-state index in [2.05, 4.69) is 10.6 Å². The second kappa shape index (κ2) is 10.5. The standard InChI is InChI=1S/C28H21N3O5S/c1-35-21-14-12-18(13-15-21)29-24-25(28(34)31(27(24)33)20-8-3-2-4-9-20)37-22-10-5-7-19(17-22)30-26(32)23-11-6-16-36-23/h2-17,29H,1H3,(H,30,32). The number of furan rings is 1. The Hall–Kier alpha value is -4.76. The van der Waals surface area contributed by atoms with E-state index < -0.39 is 17.7 Å². The third-order valence-electron chi connectivity index (χ3n) is 5.47. The van der Waals surface area contributed by atoms with E-state index in [1.165, 1.54) is 6.26 Å². The maximum Gasteiger partial charge on any atom is 0.291 e. The number of methoxy groups -OCH3 is 1. The summed E-state index contributed by atoms with van der Waals surface area (Å²) in [5, 5.41) is 5.89. The van der Waals surface area contributed by atoms with Crippen molar-refractivity contribution in [3.05, 3.63) is 114 Å². The first-order valence-corrected chi connectivity index (χ1v) is 12.1. The second-order valence-electron chi connectivity index (χ2n) is 7.90. The summed E-state index contributed by atoms with van der Waals surface area (Å²) < 4.78 is 10.3. The Labute approximate surface area is 216 Å². The number of rotatable bonds is 8. The molecular weight excluding hydrogens is 490 g/mol. The van der Waals surface area contributed by atoms with E-state index in [1.54, 1.807) is 92.0 Å². The zero-order valence-electron chi connectivity index (χ0n) is 19.6. The number of carbonyl (C=O) groups is 3. The molecule has 0 aliphatic carbocycles. The quantitative estimate of drug-likeness (QED) is 0.300. The van der Waals surface area contributed by atoms with Crippen molar-refractivity contribution in [2.75, 3.05) is 22.6 Å². The van der Waals surface area contributed by atoms with E-state index in [1.807, 2.05) is 6.07 Å². The number of ether oxygens (including phenoxy) is 1. The predicted octanol–water partition coefficient (Wildman–Crippen LogP) is 5.53. The highest BCUT2D eigenvalue weighted by Crippen LogP contribution is 2.38. The minimum atomic E-state index is -0.461. The van der Waals surface area contributed by atoms with Crippen molar-refractivity contribution in [2.45, 2.75) is 4.90 Å². The molecule has 0 fully saturated rings. The van der Waals surface area contributed by atoms with Crippen LogP contribution in [0.15, 0.2) is 117 Å². The van der Waals surface area contributed by atoms with Gasteiger partial charge in [0.05, 0.1) is 19.1 Å². The van der Waals surface area contributed by atoms with Gasteiger partial charge in [-0.05, 0) is 66.7 Å². The SMILES string of the molecule is COc1ccc(NC2=C(Sc3cccc(NC(=O)c4ccco4)c3)C(=O)N(c3ccccc3)C2=O)cc1. The molecule has 0 saturated carbocycles. The smallest absolute Gasteiger partial charge is 0.291 e. The number of amides is 3. The Morgan fingerprint density at radius 1 is 0.865 bits per heavy atom. The van der Waals surface area contributed by atoms with Crippen LogP contribution in [-0.2, 0) is 9.59 Å². The monoisotopic (exact) mass is 511 g/mol. The summed E-state index contributed by atoms with van der Waals surface area (Å²) in [6.45, 7) is 0. The Balaban J connectivity index is 1.46. The van der Waals surface area contributed by atoms with Gasteiger partial charge in [0, 0.05) is 16.3 Å². The molecule has 0 radical (unpaired) electrons. The molecule has 2 N–H and O–H groups in total. The van der Waals surface area contributed by atoms with Crippen LogP contribution < -0.4 is 20.3 Å². The van der Waals surface area contributed by atoms with E-state index >= 15 is 0 Å². The fraction of sp³-hybridized carbons (Fsp3) is 0.0357. The summed E-state index contributed by atoms with van der Waals surface area (Å²) in [5.41, 5.74) is 1.79. The van der Waals surface area contributed by atoms with Gasteiger partial charge in [-0.15, -0.1) is 0 Å². The number of para-hydroxylation sites is 1. The molecular formula is C28H21N3O5S. The van der Waals surface area contributed by atoms with Crippen LogP contribution in [0.1, 0.15) is 10.6 Å². The summed E-state index contributed by atoms with van der Waals surface area (Å²) in [7, 11) is 1.57. The first kappa shape index (κ1) is 24.0. The van der Waals surface area contributed by atoms with Crippen molar-refractivity contribution in [1.29, 1.82) is 0 Å². The average molecular weight is 512 g/mol. The lowest BCUT2D eigenvalue weighted by Gasteiger charge is -2.15. The number of thioether (sulfide) groups is 1. The van der Waals surface area contributed by atoms with Crippen molar-refractivity contribution in [3.8, 4) is 5.75 Å². The lowest BCUT2D eigenvalue weighted by Crippen LogP contribution is -2.32. The first-order valence-electron chi connectivity index (χ1n) is 11.3. The van der Waals surface area contributed by atoms with Gasteiger partial charge < -0.3 is 19.8 Å². The fourth-order valence-corrected chi connectivity index (χ4v) is 4.69. The molecule has 1 aliphatic heterocycles. The third kappa shape index (κ3) is 5.12. The van der Waals surface area contributed by atoms with Gasteiger partial charge in [0.1, 0.15) is 16.4 Å². The Bertz CT molecular complexity index is 1480. The molecule has 1 aromatic heterocycles. The Morgan fingerprint density at radius 2 is 1.65 bits per heavy atom. The van der Waals surface area contributed by atoms with Crippen LogP contribution in [0, 0.1) is 0 Å². The van der Waals surface area contributed by atoms with Gasteiger partial charge in [0.15, 0.2) is 5.76 Å². The van der Waals surface area contributed by atoms with Crippen molar-refractivity contribution in [1.82, 2.24) is 0 Å². The number of hydrogen-bond donors (Lipinski definition) is 2. The summed E-state index contributed by atoms with van der Waals surface area (Å²) in [5.74, 6) is -0.446. The average Bonchev–Trinajstić information content (AvgIpc) is 3.54. The van der Waals surface area contributed by atoms with Gasteiger partial charge in [0.2, 0.25) is 0 Å².